The molecule has 4 heteroatoms. The molecule has 1 rings (SSSR count). The van der Waals surface area contributed by atoms with Crippen molar-refractivity contribution >= 4 is 0 Å². The molecule has 0 bridgehead atoms. The summed E-state index contributed by atoms with van der Waals surface area (Å²) in [5, 5.41) is 29.4. The highest BCUT2D eigenvalue weighted by Gasteiger charge is 2.42. The van der Waals surface area contributed by atoms with Crippen LogP contribution in [0.1, 0.15) is 6.92 Å². The van der Waals surface area contributed by atoms with Gasteiger partial charge in [0.1, 0.15) is 24.8 Å². The van der Waals surface area contributed by atoms with Gasteiger partial charge in [-0.1, -0.05) is 0 Å². The number of rotatable bonds is 0. The molecule has 0 unspecified atom stereocenters. The van der Waals surface area contributed by atoms with Crippen LogP contribution in [0.3, 0.4) is 0 Å². The van der Waals surface area contributed by atoms with Gasteiger partial charge in [0.15, 0.2) is 0 Å². The Balaban J connectivity index is 2.71. The second kappa shape index (κ2) is 2.17. The van der Waals surface area contributed by atoms with Crippen LogP contribution in [0, 0.1) is 5.21 Å². The third-order valence-corrected chi connectivity index (χ3v) is 2.30. The third kappa shape index (κ3) is 1.03. The van der Waals surface area contributed by atoms with Gasteiger partial charge in [0.05, 0.1) is 7.05 Å². The molecule has 0 saturated carbocycles. The van der Waals surface area contributed by atoms with Gasteiger partial charge in [-0.3, -0.25) is 0 Å². The maximum Gasteiger partial charge on any atom is 0.137 e. The van der Waals surface area contributed by atoms with Crippen LogP contribution in [0.4, 0.5) is 0 Å². The van der Waals surface area contributed by atoms with Crippen LogP contribution in [0.2, 0.25) is 0 Å². The number of hydrogen-bond acceptors (Lipinski definition) is 3. The quantitative estimate of drug-likeness (QED) is 0.343. The van der Waals surface area contributed by atoms with Crippen LogP contribution < -0.4 is 0 Å². The predicted octanol–water partition coefficient (Wildman–Crippen LogP) is -0.945. The zero-order valence-electron chi connectivity index (χ0n) is 6.19. The highest BCUT2D eigenvalue weighted by atomic mass is 16.6. The fourth-order valence-electron chi connectivity index (χ4n) is 1.29. The summed E-state index contributed by atoms with van der Waals surface area (Å²) in [6.07, 6.45) is -1.71. The fraction of sp³-hybridized carbons (Fsp3) is 1.00. The number of hydroxylamine groups is 3. The highest BCUT2D eigenvalue weighted by molar-refractivity contribution is 4.81. The first-order valence-electron chi connectivity index (χ1n) is 3.37. The van der Waals surface area contributed by atoms with Gasteiger partial charge in [0.2, 0.25) is 0 Å². The molecule has 1 aliphatic rings. The monoisotopic (exact) mass is 147 g/mol. The van der Waals surface area contributed by atoms with Crippen molar-refractivity contribution in [3.05, 3.63) is 5.21 Å². The maximum atomic E-state index is 11.3. The lowest BCUT2D eigenvalue weighted by atomic mass is 10.2. The minimum absolute atomic E-state index is 0.0995. The third-order valence-electron chi connectivity index (χ3n) is 2.30. The van der Waals surface area contributed by atoms with Crippen molar-refractivity contribution in [1.29, 1.82) is 0 Å². The van der Waals surface area contributed by atoms with Crippen LogP contribution in [0.25, 0.3) is 0 Å². The molecule has 0 amide bonds. The van der Waals surface area contributed by atoms with Crippen molar-refractivity contribution in [3.8, 4) is 0 Å². The molecule has 0 spiro atoms. The Bertz CT molecular complexity index is 137. The van der Waals surface area contributed by atoms with Crippen molar-refractivity contribution in [2.24, 2.45) is 0 Å². The van der Waals surface area contributed by atoms with E-state index in [1.54, 1.807) is 6.92 Å². The van der Waals surface area contributed by atoms with Gasteiger partial charge in [-0.25, -0.2) is 0 Å². The first-order valence-corrected chi connectivity index (χ1v) is 3.37. The molecule has 1 heterocycles. The SMILES string of the molecule is C[C@@H]1[C@H](O)[C@H](O)C[N@+]1(C)[O-]. The number of likely N-dealkylation sites (tertiary alicyclic amines) is 1. The standard InChI is InChI=1S/C6H13NO3/c1-4-6(9)5(8)3-7(4,2)10/h4-6,8-9H,3H2,1-2H3/t4-,5-,6+,7+/m1/s1. The molecule has 4 atom stereocenters. The highest BCUT2D eigenvalue weighted by Crippen LogP contribution is 2.23. The van der Waals surface area contributed by atoms with Crippen LogP contribution >= 0.6 is 0 Å². The van der Waals surface area contributed by atoms with Gasteiger partial charge < -0.3 is 20.1 Å². The molecule has 60 valence electrons. The predicted molar refractivity (Wildman–Crippen MR) is 35.9 cm³/mol. The Morgan fingerprint density at radius 1 is 1.50 bits per heavy atom. The molecule has 0 radical (unpaired) electrons. The number of quaternary nitrogens is 1. The molecular formula is C6H13NO3. The first kappa shape index (κ1) is 7.94. The van der Waals surface area contributed by atoms with E-state index in [0.717, 1.165) is 0 Å². The average Bonchev–Trinajstić information content (AvgIpc) is 1.95. The van der Waals surface area contributed by atoms with E-state index < -0.39 is 22.9 Å². The van der Waals surface area contributed by atoms with Crippen molar-refractivity contribution < 1.29 is 14.9 Å². The Morgan fingerprint density at radius 2 is 2.00 bits per heavy atom. The molecule has 0 aromatic carbocycles. The van der Waals surface area contributed by atoms with Gasteiger partial charge in [0, 0.05) is 0 Å². The molecule has 10 heavy (non-hydrogen) atoms. The average molecular weight is 147 g/mol. The van der Waals surface area contributed by atoms with Gasteiger partial charge in [-0.15, -0.1) is 0 Å². The van der Waals surface area contributed by atoms with Gasteiger partial charge in [-0.05, 0) is 6.92 Å². The molecule has 2 N–H and O–H groups in total. The largest absolute Gasteiger partial charge is 0.633 e. The zero-order valence-corrected chi connectivity index (χ0v) is 6.19. The maximum absolute atomic E-state index is 11.3. The number of likely N-dealkylation sites (N-methyl/N-ethyl adjacent to an activating group) is 1. The molecule has 1 aliphatic heterocycles. The summed E-state index contributed by atoms with van der Waals surface area (Å²) < 4.78 is -0.539. The normalized spacial score (nSPS) is 55.5. The fourth-order valence-corrected chi connectivity index (χ4v) is 1.29. The Morgan fingerprint density at radius 3 is 2.10 bits per heavy atom. The summed E-state index contributed by atoms with van der Waals surface area (Å²) in [6, 6.07) is -0.407. The van der Waals surface area contributed by atoms with E-state index >= 15 is 0 Å². The molecule has 0 aromatic heterocycles. The topological polar surface area (TPSA) is 63.5 Å². The second-order valence-corrected chi connectivity index (χ2v) is 3.16. The van der Waals surface area contributed by atoms with E-state index in [0.29, 0.717) is 0 Å². The van der Waals surface area contributed by atoms with Crippen molar-refractivity contribution in [2.75, 3.05) is 13.6 Å². The number of aliphatic hydroxyl groups is 2. The number of nitrogens with zero attached hydrogens (tertiary/aromatic N) is 1. The van der Waals surface area contributed by atoms with E-state index in [4.69, 9.17) is 10.2 Å². The summed E-state index contributed by atoms with van der Waals surface area (Å²) >= 11 is 0. The minimum atomic E-state index is -0.859. The Hall–Kier alpha value is -0.160. The molecule has 1 saturated heterocycles. The van der Waals surface area contributed by atoms with E-state index in [9.17, 15) is 5.21 Å². The smallest absolute Gasteiger partial charge is 0.137 e. The van der Waals surface area contributed by atoms with Crippen LogP contribution in [-0.4, -0.2) is 46.7 Å². The van der Waals surface area contributed by atoms with Gasteiger partial charge in [-0.2, -0.15) is 0 Å². The Kier molecular flexibility index (Phi) is 1.72. The molecular weight excluding hydrogens is 134 g/mol. The molecule has 0 aromatic rings. The van der Waals surface area contributed by atoms with Crippen LogP contribution in [0.5, 0.6) is 0 Å². The summed E-state index contributed by atoms with van der Waals surface area (Å²) in [5.74, 6) is 0. The van der Waals surface area contributed by atoms with E-state index in [1.807, 2.05) is 0 Å². The summed E-state index contributed by atoms with van der Waals surface area (Å²) in [7, 11) is 1.46. The number of aliphatic hydroxyl groups excluding tert-OH is 2. The van der Waals surface area contributed by atoms with E-state index in [-0.39, 0.29) is 6.54 Å². The summed E-state index contributed by atoms with van der Waals surface area (Å²) in [4.78, 5) is 0. The van der Waals surface area contributed by atoms with Crippen molar-refractivity contribution in [2.45, 2.75) is 25.2 Å². The summed E-state index contributed by atoms with van der Waals surface area (Å²) in [5.41, 5.74) is 0. The van der Waals surface area contributed by atoms with Crippen molar-refractivity contribution in [1.82, 2.24) is 0 Å². The number of hydrogen-bond donors (Lipinski definition) is 2. The Labute approximate surface area is 59.9 Å². The first-order chi connectivity index (χ1) is 4.45. The lowest BCUT2D eigenvalue weighted by Gasteiger charge is -2.38. The lowest BCUT2D eigenvalue weighted by molar-refractivity contribution is -0.873. The zero-order chi connectivity index (χ0) is 7.94. The minimum Gasteiger partial charge on any atom is -0.633 e. The van der Waals surface area contributed by atoms with Crippen LogP contribution in [-0.2, 0) is 0 Å². The molecule has 0 aliphatic carbocycles. The second-order valence-electron chi connectivity index (χ2n) is 3.16. The van der Waals surface area contributed by atoms with Gasteiger partial charge >= 0.3 is 0 Å². The van der Waals surface area contributed by atoms with Crippen LogP contribution in [0.15, 0.2) is 0 Å². The molecule has 1 fully saturated rings. The van der Waals surface area contributed by atoms with Gasteiger partial charge in [0.25, 0.3) is 0 Å². The lowest BCUT2D eigenvalue weighted by Crippen LogP contribution is -2.43. The van der Waals surface area contributed by atoms with E-state index in [2.05, 4.69) is 0 Å². The molecule has 4 nitrogen and oxygen atoms in total. The van der Waals surface area contributed by atoms with E-state index in [1.165, 1.54) is 7.05 Å². The summed E-state index contributed by atoms with van der Waals surface area (Å²) in [6.45, 7) is 1.75. The van der Waals surface area contributed by atoms with Crippen molar-refractivity contribution in [3.63, 3.8) is 0 Å².